The molecule has 0 saturated carbocycles. The highest BCUT2D eigenvalue weighted by atomic mass is 19.1. The summed E-state index contributed by atoms with van der Waals surface area (Å²) in [5.74, 6) is 0.0290. The van der Waals surface area contributed by atoms with E-state index >= 15 is 0 Å². The van der Waals surface area contributed by atoms with Crippen LogP contribution in [0.3, 0.4) is 0 Å². The van der Waals surface area contributed by atoms with Crippen molar-refractivity contribution in [3.05, 3.63) is 53.8 Å². The lowest BCUT2D eigenvalue weighted by atomic mass is 10.0. The summed E-state index contributed by atoms with van der Waals surface area (Å²) in [6.07, 6.45) is 0.330. The van der Waals surface area contributed by atoms with Gasteiger partial charge in [-0.15, -0.1) is 0 Å². The van der Waals surface area contributed by atoms with E-state index in [0.717, 1.165) is 5.56 Å². The van der Waals surface area contributed by atoms with Crippen LogP contribution in [0.5, 0.6) is 11.5 Å². The average molecular weight is 372 g/mol. The smallest absolute Gasteiger partial charge is 0.247 e. The van der Waals surface area contributed by atoms with E-state index in [4.69, 9.17) is 9.47 Å². The molecular formula is C20H21FN2O4. The molecular weight excluding hydrogens is 351 g/mol. The van der Waals surface area contributed by atoms with E-state index < -0.39 is 6.04 Å². The monoisotopic (exact) mass is 372 g/mol. The highest BCUT2D eigenvalue weighted by Gasteiger charge is 2.34. The van der Waals surface area contributed by atoms with Gasteiger partial charge >= 0.3 is 0 Å². The third kappa shape index (κ3) is 4.55. The molecule has 27 heavy (non-hydrogen) atoms. The molecule has 1 unspecified atom stereocenters. The summed E-state index contributed by atoms with van der Waals surface area (Å²) >= 11 is 0. The van der Waals surface area contributed by atoms with Gasteiger partial charge < -0.3 is 20.1 Å². The van der Waals surface area contributed by atoms with Crippen LogP contribution in [0.25, 0.3) is 0 Å². The minimum atomic E-state index is -0.575. The Morgan fingerprint density at radius 3 is 2.78 bits per heavy atom. The van der Waals surface area contributed by atoms with Gasteiger partial charge in [0.1, 0.15) is 30.0 Å². The maximum absolute atomic E-state index is 13.2. The zero-order valence-electron chi connectivity index (χ0n) is 15.1. The number of methoxy groups -OCH3 is 1. The molecule has 0 spiro atoms. The Hall–Kier alpha value is -3.09. The van der Waals surface area contributed by atoms with E-state index in [9.17, 15) is 14.0 Å². The van der Waals surface area contributed by atoms with Crippen LogP contribution in [0.4, 0.5) is 10.1 Å². The van der Waals surface area contributed by atoms with Crippen molar-refractivity contribution in [3.8, 4) is 11.5 Å². The van der Waals surface area contributed by atoms with Crippen LogP contribution in [0.1, 0.15) is 18.9 Å². The molecule has 1 aliphatic rings. The van der Waals surface area contributed by atoms with E-state index in [0.29, 0.717) is 23.6 Å². The van der Waals surface area contributed by atoms with Crippen LogP contribution in [-0.2, 0) is 16.2 Å². The number of ether oxygens (including phenoxy) is 2. The Kier molecular flexibility index (Phi) is 5.59. The van der Waals surface area contributed by atoms with Gasteiger partial charge in [0.05, 0.1) is 12.8 Å². The van der Waals surface area contributed by atoms with Crippen LogP contribution in [0.2, 0.25) is 0 Å². The van der Waals surface area contributed by atoms with Gasteiger partial charge in [0, 0.05) is 12.5 Å². The Morgan fingerprint density at radius 1 is 1.30 bits per heavy atom. The molecule has 2 aromatic carbocycles. The van der Waals surface area contributed by atoms with Crippen molar-refractivity contribution >= 4 is 17.5 Å². The highest BCUT2D eigenvalue weighted by Crippen LogP contribution is 2.27. The van der Waals surface area contributed by atoms with Gasteiger partial charge in [-0.3, -0.25) is 9.59 Å². The summed E-state index contributed by atoms with van der Waals surface area (Å²) < 4.78 is 24.1. The molecule has 3 rings (SSSR count). The second-order valence-corrected chi connectivity index (χ2v) is 6.50. The molecule has 2 atom stereocenters. The highest BCUT2D eigenvalue weighted by molar-refractivity contribution is 6.00. The van der Waals surface area contributed by atoms with E-state index in [-0.39, 0.29) is 30.2 Å². The molecule has 142 valence electrons. The molecule has 1 aliphatic heterocycles. The summed E-state index contributed by atoms with van der Waals surface area (Å²) in [5, 5.41) is 5.48. The number of nitrogens with one attached hydrogen (secondary N) is 2. The first-order valence-electron chi connectivity index (χ1n) is 8.62. The van der Waals surface area contributed by atoms with Gasteiger partial charge in [-0.1, -0.05) is 19.1 Å². The summed E-state index contributed by atoms with van der Waals surface area (Å²) in [6.45, 7) is 2.05. The van der Waals surface area contributed by atoms with Crippen LogP contribution in [-0.4, -0.2) is 25.0 Å². The summed E-state index contributed by atoms with van der Waals surface area (Å²) in [5.41, 5.74) is 1.26. The standard InChI is InChI=1S/C20H21FN2O4/c1-12-8-18(24)23-19(12)20(25)22-16-9-13(6-7-17(16)26-2)11-27-15-5-3-4-14(21)10-15/h3-7,9-10,12,19H,8,11H2,1-2H3,(H,22,25)(H,23,24)/t12-,19?/m0/s1. The molecule has 1 heterocycles. The van der Waals surface area contributed by atoms with Crippen LogP contribution in [0, 0.1) is 11.7 Å². The first-order chi connectivity index (χ1) is 13.0. The SMILES string of the molecule is COc1ccc(COc2cccc(F)c2)cc1NC(=O)C1NC(=O)C[C@@H]1C. The van der Waals surface area contributed by atoms with Crippen molar-refractivity contribution < 1.29 is 23.5 Å². The lowest BCUT2D eigenvalue weighted by molar-refractivity contribution is -0.123. The van der Waals surface area contributed by atoms with Crippen molar-refractivity contribution in [1.82, 2.24) is 5.32 Å². The van der Waals surface area contributed by atoms with Crippen LogP contribution >= 0.6 is 0 Å². The van der Waals surface area contributed by atoms with Crippen molar-refractivity contribution in [2.24, 2.45) is 5.92 Å². The molecule has 0 bridgehead atoms. The van der Waals surface area contributed by atoms with E-state index in [1.807, 2.05) is 6.92 Å². The average Bonchev–Trinajstić information content (AvgIpc) is 2.98. The largest absolute Gasteiger partial charge is 0.495 e. The second kappa shape index (κ2) is 8.07. The minimum Gasteiger partial charge on any atom is -0.495 e. The Labute approximate surface area is 156 Å². The van der Waals surface area contributed by atoms with E-state index in [1.165, 1.54) is 19.2 Å². The maximum Gasteiger partial charge on any atom is 0.247 e. The Morgan fingerprint density at radius 2 is 2.11 bits per heavy atom. The zero-order chi connectivity index (χ0) is 19.4. The molecule has 0 radical (unpaired) electrons. The van der Waals surface area contributed by atoms with Gasteiger partial charge in [-0.2, -0.15) is 0 Å². The van der Waals surface area contributed by atoms with Gasteiger partial charge in [-0.05, 0) is 35.7 Å². The maximum atomic E-state index is 13.2. The topological polar surface area (TPSA) is 76.7 Å². The molecule has 6 nitrogen and oxygen atoms in total. The fraction of sp³-hybridized carbons (Fsp3) is 0.300. The number of hydrogen-bond acceptors (Lipinski definition) is 4. The predicted molar refractivity (Wildman–Crippen MR) is 98.1 cm³/mol. The lowest BCUT2D eigenvalue weighted by Crippen LogP contribution is -2.40. The van der Waals surface area contributed by atoms with Crippen molar-refractivity contribution in [2.45, 2.75) is 26.0 Å². The molecule has 0 aliphatic carbocycles. The van der Waals surface area contributed by atoms with E-state index in [2.05, 4.69) is 10.6 Å². The quantitative estimate of drug-likeness (QED) is 0.818. The molecule has 2 amide bonds. The van der Waals surface area contributed by atoms with Crippen LogP contribution in [0.15, 0.2) is 42.5 Å². The third-order valence-electron chi connectivity index (χ3n) is 4.40. The Balaban J connectivity index is 1.71. The number of anilines is 1. The number of halogens is 1. The second-order valence-electron chi connectivity index (χ2n) is 6.50. The fourth-order valence-corrected chi connectivity index (χ4v) is 2.99. The van der Waals surface area contributed by atoms with Gasteiger partial charge in [-0.25, -0.2) is 4.39 Å². The number of benzene rings is 2. The van der Waals surface area contributed by atoms with Gasteiger partial charge in [0.15, 0.2) is 0 Å². The molecule has 0 aromatic heterocycles. The molecule has 7 heteroatoms. The molecule has 2 N–H and O–H groups in total. The van der Waals surface area contributed by atoms with Gasteiger partial charge in [0.25, 0.3) is 0 Å². The number of amides is 2. The summed E-state index contributed by atoms with van der Waals surface area (Å²) in [7, 11) is 1.51. The summed E-state index contributed by atoms with van der Waals surface area (Å²) in [6, 6.07) is 10.6. The van der Waals surface area contributed by atoms with Crippen molar-refractivity contribution in [3.63, 3.8) is 0 Å². The first kappa shape index (κ1) is 18.7. The molecule has 2 aromatic rings. The van der Waals surface area contributed by atoms with E-state index in [1.54, 1.807) is 30.3 Å². The summed E-state index contributed by atoms with van der Waals surface area (Å²) in [4.78, 5) is 24.0. The lowest BCUT2D eigenvalue weighted by Gasteiger charge is -2.17. The van der Waals surface area contributed by atoms with Crippen LogP contribution < -0.4 is 20.1 Å². The number of carbonyl (C=O) groups is 2. The Bertz CT molecular complexity index is 856. The van der Waals surface area contributed by atoms with Gasteiger partial charge in [0.2, 0.25) is 11.8 Å². The molecule has 1 saturated heterocycles. The predicted octanol–water partition coefficient (Wildman–Crippen LogP) is 2.88. The molecule has 1 fully saturated rings. The van der Waals surface area contributed by atoms with Crippen molar-refractivity contribution in [1.29, 1.82) is 0 Å². The number of rotatable bonds is 6. The number of hydrogen-bond donors (Lipinski definition) is 2. The third-order valence-corrected chi connectivity index (χ3v) is 4.40. The van der Waals surface area contributed by atoms with Crippen molar-refractivity contribution in [2.75, 3.05) is 12.4 Å². The minimum absolute atomic E-state index is 0.0806. The first-order valence-corrected chi connectivity index (χ1v) is 8.62. The number of carbonyl (C=O) groups excluding carboxylic acids is 2. The fourth-order valence-electron chi connectivity index (χ4n) is 2.99. The zero-order valence-corrected chi connectivity index (χ0v) is 15.1. The normalized spacial score (nSPS) is 18.7.